The molecule has 144 valence electrons. The molecule has 1 aliphatic rings. The fourth-order valence-electron chi connectivity index (χ4n) is 3.13. The Morgan fingerprint density at radius 3 is 2.79 bits per heavy atom. The van der Waals surface area contributed by atoms with Gasteiger partial charge in [0, 0.05) is 0 Å². The number of rotatable bonds is 5. The lowest BCUT2D eigenvalue weighted by atomic mass is 9.93. The third kappa shape index (κ3) is 2.83. The van der Waals surface area contributed by atoms with Crippen molar-refractivity contribution in [1.82, 2.24) is 14.6 Å². The molecule has 4 N–H and O–H groups in total. The van der Waals surface area contributed by atoms with E-state index in [4.69, 9.17) is 19.9 Å². The van der Waals surface area contributed by atoms with Crippen molar-refractivity contribution in [1.29, 1.82) is 5.26 Å². The number of ether oxygens (including phenoxy) is 3. The number of nitriles is 1. The second-order valence-corrected chi connectivity index (χ2v) is 6.17. The summed E-state index contributed by atoms with van der Waals surface area (Å²) in [6, 6.07) is 14.0. The minimum Gasteiger partial charge on any atom is -0.467 e. The molecule has 1 saturated heterocycles. The Kier molecular flexibility index (Phi) is 4.58. The highest BCUT2D eigenvalue weighted by Gasteiger charge is 2.58. The molecule has 0 spiro atoms. The van der Waals surface area contributed by atoms with E-state index in [2.05, 4.69) is 10.1 Å². The van der Waals surface area contributed by atoms with Crippen molar-refractivity contribution >= 4 is 11.3 Å². The normalized spacial score (nSPS) is 27.0. The molecule has 0 bridgehead atoms. The number of hydrogen-bond acceptors (Lipinski definition) is 9. The molecule has 28 heavy (non-hydrogen) atoms. The summed E-state index contributed by atoms with van der Waals surface area (Å²) in [4.78, 5) is 3.88. The van der Waals surface area contributed by atoms with Crippen molar-refractivity contribution in [3.05, 3.63) is 54.5 Å². The largest absolute Gasteiger partial charge is 0.467 e. The van der Waals surface area contributed by atoms with Crippen LogP contribution >= 0.6 is 0 Å². The third-order valence-corrected chi connectivity index (χ3v) is 4.55. The van der Waals surface area contributed by atoms with Crippen molar-refractivity contribution < 1.29 is 24.4 Å². The number of aromatic nitrogens is 3. The molecule has 4 atom stereocenters. The van der Waals surface area contributed by atoms with E-state index < -0.39 is 24.1 Å². The van der Waals surface area contributed by atoms with Gasteiger partial charge in [-0.25, -0.2) is 9.50 Å². The van der Waals surface area contributed by atoms with Crippen molar-refractivity contribution in [2.75, 3.05) is 12.5 Å². The van der Waals surface area contributed by atoms with Gasteiger partial charge in [-0.2, -0.15) is 10.4 Å². The van der Waals surface area contributed by atoms with Gasteiger partial charge in [-0.05, 0) is 24.3 Å². The highest BCUT2D eigenvalue weighted by Crippen LogP contribution is 2.40. The minimum atomic E-state index is -1.91. The summed E-state index contributed by atoms with van der Waals surface area (Å²) in [5.41, 5.74) is 4.54. The van der Waals surface area contributed by atoms with Crippen LogP contribution in [-0.2, 0) is 15.1 Å². The van der Waals surface area contributed by atoms with E-state index in [1.54, 1.807) is 30.3 Å². The van der Waals surface area contributed by atoms with Crippen molar-refractivity contribution in [3.63, 3.8) is 0 Å². The van der Waals surface area contributed by atoms with E-state index in [9.17, 15) is 15.5 Å². The van der Waals surface area contributed by atoms with Gasteiger partial charge in [-0.1, -0.05) is 18.2 Å². The molecule has 0 amide bonds. The minimum absolute atomic E-state index is 0.195. The van der Waals surface area contributed by atoms with Gasteiger partial charge in [0.1, 0.15) is 35.9 Å². The van der Waals surface area contributed by atoms with Gasteiger partial charge in [-0.15, -0.1) is 0 Å². The SMILES string of the molecule is N#C[C@@]1(c2ccc3c(N)ncnn23)OC(OCOc2ccccc2)[C@@H](O)[C@H]1O. The Morgan fingerprint density at radius 1 is 1.25 bits per heavy atom. The van der Waals surface area contributed by atoms with Gasteiger partial charge < -0.3 is 30.2 Å². The maximum absolute atomic E-state index is 10.6. The maximum atomic E-state index is 10.6. The molecule has 0 saturated carbocycles. The molecule has 10 heteroatoms. The molecule has 1 fully saturated rings. The predicted molar refractivity (Wildman–Crippen MR) is 94.6 cm³/mol. The Morgan fingerprint density at radius 2 is 2.04 bits per heavy atom. The number of benzene rings is 1. The zero-order valence-electron chi connectivity index (χ0n) is 14.5. The summed E-state index contributed by atoms with van der Waals surface area (Å²) in [6.45, 7) is -0.246. The molecule has 3 aromatic rings. The zero-order chi connectivity index (χ0) is 19.7. The number of anilines is 1. The lowest BCUT2D eigenvalue weighted by Gasteiger charge is -2.23. The van der Waals surface area contributed by atoms with E-state index in [1.165, 1.54) is 16.9 Å². The number of hydrogen-bond donors (Lipinski definition) is 3. The molecule has 1 aliphatic heterocycles. The van der Waals surface area contributed by atoms with Gasteiger partial charge in [0.2, 0.25) is 5.60 Å². The average Bonchev–Trinajstić information content (AvgIpc) is 3.25. The van der Waals surface area contributed by atoms with E-state index in [0.29, 0.717) is 11.3 Å². The first-order valence-electron chi connectivity index (χ1n) is 8.40. The van der Waals surface area contributed by atoms with Crippen LogP contribution in [0.25, 0.3) is 5.52 Å². The number of fused-ring (bicyclic) bond motifs is 1. The van der Waals surface area contributed by atoms with Gasteiger partial charge in [0.15, 0.2) is 18.9 Å². The topological polar surface area (TPSA) is 148 Å². The van der Waals surface area contributed by atoms with Crippen LogP contribution in [0.5, 0.6) is 5.75 Å². The van der Waals surface area contributed by atoms with E-state index >= 15 is 0 Å². The van der Waals surface area contributed by atoms with Crippen LogP contribution in [0.1, 0.15) is 5.69 Å². The molecule has 0 aliphatic carbocycles. The van der Waals surface area contributed by atoms with Crippen molar-refractivity contribution in [3.8, 4) is 11.8 Å². The monoisotopic (exact) mass is 383 g/mol. The van der Waals surface area contributed by atoms with Crippen LogP contribution in [0.2, 0.25) is 0 Å². The van der Waals surface area contributed by atoms with Gasteiger partial charge in [-0.3, -0.25) is 0 Å². The summed E-state index contributed by atoms with van der Waals surface area (Å²) in [6.07, 6.45) is -3.14. The third-order valence-electron chi connectivity index (χ3n) is 4.55. The van der Waals surface area contributed by atoms with Crippen LogP contribution < -0.4 is 10.5 Å². The molecular formula is C18H17N5O5. The second-order valence-electron chi connectivity index (χ2n) is 6.17. The molecule has 2 aromatic heterocycles. The standard InChI is InChI=1S/C18H17N5O5/c19-8-18(13-7-6-12-16(20)21-9-22-23(12)13)15(25)14(24)17(28-18)27-10-26-11-4-2-1-3-5-11/h1-7,9,14-15,17,24-25H,10H2,(H2,20,21,22)/t14-,15+,17?,18-/m0/s1. The molecular weight excluding hydrogens is 366 g/mol. The Bertz CT molecular complexity index is 1020. The first kappa shape index (κ1) is 18.1. The summed E-state index contributed by atoms with van der Waals surface area (Å²) in [5, 5.41) is 34.8. The maximum Gasteiger partial charge on any atom is 0.227 e. The number of nitrogens with zero attached hydrogens (tertiary/aromatic N) is 4. The Hall–Kier alpha value is -3.23. The fraction of sp³-hybridized carbons (Fsp3) is 0.278. The molecule has 0 radical (unpaired) electrons. The Balaban J connectivity index is 1.57. The van der Waals surface area contributed by atoms with Gasteiger partial charge >= 0.3 is 0 Å². The van der Waals surface area contributed by atoms with Crippen LogP contribution in [0.15, 0.2) is 48.8 Å². The van der Waals surface area contributed by atoms with Gasteiger partial charge in [0.05, 0.1) is 5.69 Å². The lowest BCUT2D eigenvalue weighted by Crippen LogP contribution is -2.41. The summed E-state index contributed by atoms with van der Waals surface area (Å²) in [5.74, 6) is 0.762. The van der Waals surface area contributed by atoms with E-state index in [0.717, 1.165) is 0 Å². The summed E-state index contributed by atoms with van der Waals surface area (Å²) < 4.78 is 17.8. The predicted octanol–water partition coefficient (Wildman–Crippen LogP) is 0.162. The molecule has 1 aromatic carbocycles. The second kappa shape index (κ2) is 7.06. The highest BCUT2D eigenvalue weighted by atomic mass is 16.8. The Labute approximate surface area is 159 Å². The molecule has 4 rings (SSSR count). The first-order chi connectivity index (χ1) is 13.6. The van der Waals surface area contributed by atoms with E-state index in [1.807, 2.05) is 12.1 Å². The summed E-state index contributed by atoms with van der Waals surface area (Å²) in [7, 11) is 0. The fourth-order valence-corrected chi connectivity index (χ4v) is 3.13. The molecule has 10 nitrogen and oxygen atoms in total. The molecule has 3 heterocycles. The van der Waals surface area contributed by atoms with Gasteiger partial charge in [0.25, 0.3) is 0 Å². The molecule has 1 unspecified atom stereocenters. The highest BCUT2D eigenvalue weighted by molar-refractivity contribution is 5.66. The number of nitrogens with two attached hydrogens (primary N) is 1. The lowest BCUT2D eigenvalue weighted by molar-refractivity contribution is -0.206. The smallest absolute Gasteiger partial charge is 0.227 e. The number of para-hydroxylation sites is 1. The van der Waals surface area contributed by atoms with Crippen LogP contribution in [-0.4, -0.2) is 50.1 Å². The van der Waals surface area contributed by atoms with Crippen LogP contribution in [0, 0.1) is 11.3 Å². The van der Waals surface area contributed by atoms with E-state index in [-0.39, 0.29) is 18.3 Å². The number of aliphatic hydroxyl groups excluding tert-OH is 2. The van der Waals surface area contributed by atoms with Crippen molar-refractivity contribution in [2.45, 2.75) is 24.1 Å². The zero-order valence-corrected chi connectivity index (χ0v) is 14.5. The first-order valence-corrected chi connectivity index (χ1v) is 8.40. The average molecular weight is 383 g/mol. The number of nitrogen functional groups attached to an aromatic ring is 1. The van der Waals surface area contributed by atoms with Crippen LogP contribution in [0.4, 0.5) is 5.82 Å². The quantitative estimate of drug-likeness (QED) is 0.524. The number of aliphatic hydroxyl groups is 2. The summed E-state index contributed by atoms with van der Waals surface area (Å²) >= 11 is 0. The van der Waals surface area contributed by atoms with Crippen molar-refractivity contribution in [2.24, 2.45) is 0 Å². The van der Waals surface area contributed by atoms with Crippen LogP contribution in [0.3, 0.4) is 0 Å².